The van der Waals surface area contributed by atoms with Gasteiger partial charge in [-0.2, -0.15) is 0 Å². The van der Waals surface area contributed by atoms with Crippen LogP contribution in [0.2, 0.25) is 0 Å². The molecular weight excluding hydrogens is 206 g/mol. The van der Waals surface area contributed by atoms with Crippen LogP contribution in [0.5, 0.6) is 0 Å². The van der Waals surface area contributed by atoms with Crippen LogP contribution in [-0.2, 0) is 14.3 Å². The number of hydrogen-bond acceptors (Lipinski definition) is 4. The second-order valence-electron chi connectivity index (χ2n) is 4.27. The third-order valence-electron chi connectivity index (χ3n) is 2.78. The van der Waals surface area contributed by atoms with Gasteiger partial charge in [-0.15, -0.1) is 0 Å². The number of unbranched alkanes of at least 4 members (excludes halogenated alkanes) is 1. The third-order valence-corrected chi connectivity index (χ3v) is 2.78. The Bertz CT molecular complexity index is 191. The van der Waals surface area contributed by atoms with Gasteiger partial charge in [0.15, 0.2) is 0 Å². The lowest BCUT2D eigenvalue weighted by Crippen LogP contribution is -2.27. The number of ether oxygens (including phenoxy) is 2. The third kappa shape index (κ3) is 6.08. The standard InChI is InChI=1S/C12H23NO3/c1-2-3-7-16-12(14)9-13-6-4-11-5-8-15-10-11/h11,13H,2-10H2,1H3. The number of nitrogens with one attached hydrogen (secondary N) is 1. The van der Waals surface area contributed by atoms with Crippen LogP contribution in [0, 0.1) is 5.92 Å². The zero-order valence-electron chi connectivity index (χ0n) is 10.2. The van der Waals surface area contributed by atoms with Gasteiger partial charge in [-0.1, -0.05) is 13.3 Å². The molecule has 1 saturated heterocycles. The molecular formula is C12H23NO3. The van der Waals surface area contributed by atoms with Crippen LogP contribution < -0.4 is 5.32 Å². The molecule has 0 bridgehead atoms. The summed E-state index contributed by atoms with van der Waals surface area (Å²) in [6, 6.07) is 0. The van der Waals surface area contributed by atoms with Gasteiger partial charge in [-0.05, 0) is 31.7 Å². The molecule has 0 saturated carbocycles. The van der Waals surface area contributed by atoms with E-state index in [0.717, 1.165) is 45.4 Å². The lowest BCUT2D eigenvalue weighted by Gasteiger charge is -2.08. The van der Waals surface area contributed by atoms with E-state index in [9.17, 15) is 4.79 Å². The van der Waals surface area contributed by atoms with Gasteiger partial charge in [-0.25, -0.2) is 0 Å². The van der Waals surface area contributed by atoms with Crippen molar-refractivity contribution in [3.8, 4) is 0 Å². The Morgan fingerprint density at radius 2 is 2.44 bits per heavy atom. The minimum absolute atomic E-state index is 0.142. The van der Waals surface area contributed by atoms with Gasteiger partial charge >= 0.3 is 5.97 Å². The van der Waals surface area contributed by atoms with Crippen molar-refractivity contribution in [1.29, 1.82) is 0 Å². The van der Waals surface area contributed by atoms with E-state index >= 15 is 0 Å². The first-order valence-electron chi connectivity index (χ1n) is 6.27. The SMILES string of the molecule is CCCCOC(=O)CNCCC1CCOC1. The molecule has 0 amide bonds. The van der Waals surface area contributed by atoms with Gasteiger partial charge in [0.05, 0.1) is 13.2 Å². The highest BCUT2D eigenvalue weighted by molar-refractivity contribution is 5.71. The van der Waals surface area contributed by atoms with Crippen molar-refractivity contribution in [1.82, 2.24) is 5.32 Å². The Labute approximate surface area is 97.7 Å². The molecule has 1 heterocycles. The summed E-state index contributed by atoms with van der Waals surface area (Å²) in [6.07, 6.45) is 4.25. The molecule has 0 aliphatic carbocycles. The zero-order chi connectivity index (χ0) is 11.6. The van der Waals surface area contributed by atoms with E-state index in [1.807, 2.05) is 0 Å². The van der Waals surface area contributed by atoms with Crippen molar-refractivity contribution in [2.24, 2.45) is 5.92 Å². The number of hydrogen-bond donors (Lipinski definition) is 1. The number of rotatable bonds is 8. The predicted molar refractivity (Wildman–Crippen MR) is 62.3 cm³/mol. The molecule has 1 aliphatic heterocycles. The van der Waals surface area contributed by atoms with Gasteiger partial charge in [0.2, 0.25) is 0 Å². The fourth-order valence-corrected chi connectivity index (χ4v) is 1.69. The normalized spacial score (nSPS) is 19.9. The molecule has 0 aromatic heterocycles. The highest BCUT2D eigenvalue weighted by Crippen LogP contribution is 2.14. The largest absolute Gasteiger partial charge is 0.465 e. The fraction of sp³-hybridized carbons (Fsp3) is 0.917. The Hall–Kier alpha value is -0.610. The van der Waals surface area contributed by atoms with E-state index < -0.39 is 0 Å². The van der Waals surface area contributed by atoms with Crippen molar-refractivity contribution in [3.63, 3.8) is 0 Å². The summed E-state index contributed by atoms with van der Waals surface area (Å²) in [5.41, 5.74) is 0. The van der Waals surface area contributed by atoms with Gasteiger partial charge in [0.1, 0.15) is 0 Å². The van der Waals surface area contributed by atoms with Crippen molar-refractivity contribution >= 4 is 5.97 Å². The first-order chi connectivity index (χ1) is 7.83. The Kier molecular flexibility index (Phi) is 7.17. The number of carbonyl (C=O) groups is 1. The van der Waals surface area contributed by atoms with Gasteiger partial charge in [-0.3, -0.25) is 4.79 Å². The van der Waals surface area contributed by atoms with Gasteiger partial charge in [0.25, 0.3) is 0 Å². The second kappa shape index (κ2) is 8.53. The summed E-state index contributed by atoms with van der Waals surface area (Å²) in [7, 11) is 0. The quantitative estimate of drug-likeness (QED) is 0.504. The summed E-state index contributed by atoms with van der Waals surface area (Å²) in [4.78, 5) is 11.2. The lowest BCUT2D eigenvalue weighted by atomic mass is 10.1. The summed E-state index contributed by atoms with van der Waals surface area (Å²) in [5.74, 6) is 0.528. The second-order valence-corrected chi connectivity index (χ2v) is 4.27. The van der Waals surface area contributed by atoms with Crippen LogP contribution in [0.25, 0.3) is 0 Å². The predicted octanol–water partition coefficient (Wildman–Crippen LogP) is 1.35. The average Bonchev–Trinajstić information content (AvgIpc) is 2.78. The molecule has 0 aromatic carbocycles. The van der Waals surface area contributed by atoms with Crippen molar-refractivity contribution in [2.45, 2.75) is 32.6 Å². The minimum Gasteiger partial charge on any atom is -0.465 e. The highest BCUT2D eigenvalue weighted by Gasteiger charge is 2.14. The smallest absolute Gasteiger partial charge is 0.319 e. The molecule has 0 radical (unpaired) electrons. The molecule has 0 aromatic rings. The summed E-state index contributed by atoms with van der Waals surface area (Å²) in [6.45, 7) is 5.60. The highest BCUT2D eigenvalue weighted by atomic mass is 16.5. The fourth-order valence-electron chi connectivity index (χ4n) is 1.69. The van der Waals surface area contributed by atoms with E-state index in [1.165, 1.54) is 0 Å². The van der Waals surface area contributed by atoms with Crippen LogP contribution in [0.4, 0.5) is 0 Å². The van der Waals surface area contributed by atoms with Crippen molar-refractivity contribution < 1.29 is 14.3 Å². The maximum Gasteiger partial charge on any atom is 0.319 e. The van der Waals surface area contributed by atoms with Crippen LogP contribution in [0.3, 0.4) is 0 Å². The Morgan fingerprint density at radius 3 is 3.12 bits per heavy atom. The summed E-state index contributed by atoms with van der Waals surface area (Å²) in [5, 5.41) is 3.11. The number of esters is 1. The molecule has 1 aliphatic rings. The van der Waals surface area contributed by atoms with Crippen LogP contribution in [0.1, 0.15) is 32.6 Å². The zero-order valence-corrected chi connectivity index (χ0v) is 10.2. The van der Waals surface area contributed by atoms with Crippen LogP contribution in [-0.4, -0.2) is 38.9 Å². The maximum absolute atomic E-state index is 11.2. The van der Waals surface area contributed by atoms with Crippen LogP contribution in [0.15, 0.2) is 0 Å². The minimum atomic E-state index is -0.142. The molecule has 16 heavy (non-hydrogen) atoms. The molecule has 4 nitrogen and oxygen atoms in total. The molecule has 1 unspecified atom stereocenters. The van der Waals surface area contributed by atoms with E-state index in [1.54, 1.807) is 0 Å². The Balaban J connectivity index is 1.87. The topological polar surface area (TPSA) is 47.6 Å². The number of carbonyl (C=O) groups excluding carboxylic acids is 1. The van der Waals surface area contributed by atoms with E-state index in [4.69, 9.17) is 9.47 Å². The molecule has 1 rings (SSSR count). The van der Waals surface area contributed by atoms with Crippen LogP contribution >= 0.6 is 0 Å². The molecule has 1 fully saturated rings. The average molecular weight is 229 g/mol. The maximum atomic E-state index is 11.2. The molecule has 1 N–H and O–H groups in total. The van der Waals surface area contributed by atoms with Gasteiger partial charge < -0.3 is 14.8 Å². The molecule has 1 atom stereocenters. The molecule has 4 heteroatoms. The monoisotopic (exact) mass is 229 g/mol. The van der Waals surface area contributed by atoms with Crippen molar-refractivity contribution in [2.75, 3.05) is 32.9 Å². The van der Waals surface area contributed by atoms with Crippen molar-refractivity contribution in [3.05, 3.63) is 0 Å². The summed E-state index contributed by atoms with van der Waals surface area (Å²) < 4.78 is 10.3. The summed E-state index contributed by atoms with van der Waals surface area (Å²) >= 11 is 0. The molecule has 0 spiro atoms. The van der Waals surface area contributed by atoms with Gasteiger partial charge in [0, 0.05) is 13.2 Å². The molecule has 94 valence electrons. The first kappa shape index (κ1) is 13.5. The Morgan fingerprint density at radius 1 is 1.56 bits per heavy atom. The first-order valence-corrected chi connectivity index (χ1v) is 6.27. The van der Waals surface area contributed by atoms with E-state index in [2.05, 4.69) is 12.2 Å². The van der Waals surface area contributed by atoms with E-state index in [0.29, 0.717) is 19.1 Å². The lowest BCUT2D eigenvalue weighted by molar-refractivity contribution is -0.142. The van der Waals surface area contributed by atoms with E-state index in [-0.39, 0.29) is 5.97 Å².